The topological polar surface area (TPSA) is 0 Å². The Balaban J connectivity index is 1.76. The molecule has 2 aliphatic rings. The van der Waals surface area contributed by atoms with E-state index in [1.807, 2.05) is 6.08 Å². The summed E-state index contributed by atoms with van der Waals surface area (Å²) in [6.45, 7) is 14.9. The van der Waals surface area contributed by atoms with Crippen LogP contribution in [0.3, 0.4) is 0 Å². The number of hydrogen-bond donors (Lipinski definition) is 0. The summed E-state index contributed by atoms with van der Waals surface area (Å²) in [6.07, 6.45) is 30.6. The number of allylic oxidation sites excluding steroid dienone is 7. The predicted octanol–water partition coefficient (Wildman–Crippen LogP) is 10.0. The molecular weight excluding hydrogens is 372 g/mol. The summed E-state index contributed by atoms with van der Waals surface area (Å²) < 4.78 is 0. The summed E-state index contributed by atoms with van der Waals surface area (Å²) in [4.78, 5) is 0. The third-order valence-electron chi connectivity index (χ3n) is 8.10. The van der Waals surface area contributed by atoms with Crippen LogP contribution in [0, 0.1) is 36.5 Å². The minimum Gasteiger partial charge on any atom is -0.343 e. The van der Waals surface area contributed by atoms with Gasteiger partial charge in [-0.25, -0.2) is 0 Å². The van der Waals surface area contributed by atoms with Crippen molar-refractivity contribution in [3.63, 3.8) is 0 Å². The Morgan fingerprint density at radius 1 is 1.06 bits per heavy atom. The normalized spacial score (nSPS) is 27.7. The van der Waals surface area contributed by atoms with Crippen LogP contribution in [0.1, 0.15) is 111 Å². The fraction of sp³-hybridized carbons (Fsp3) is 0.710. The molecule has 0 aromatic rings. The molecule has 0 N–H and O–H groups in total. The second-order valence-corrected chi connectivity index (χ2v) is 10.6. The lowest BCUT2D eigenvalue weighted by atomic mass is 9.71. The highest BCUT2D eigenvalue weighted by molar-refractivity contribution is 5.33. The van der Waals surface area contributed by atoms with Gasteiger partial charge in [0.2, 0.25) is 0 Å². The second-order valence-electron chi connectivity index (χ2n) is 10.6. The van der Waals surface area contributed by atoms with Crippen molar-refractivity contribution in [1.29, 1.82) is 0 Å². The first-order valence-corrected chi connectivity index (χ1v) is 13.5. The quantitative estimate of drug-likeness (QED) is 0.148. The van der Waals surface area contributed by atoms with Crippen LogP contribution in [0.2, 0.25) is 0 Å². The molecule has 0 bridgehead atoms. The third-order valence-corrected chi connectivity index (χ3v) is 8.10. The Labute approximate surface area is 195 Å². The Morgan fingerprint density at radius 2 is 1.77 bits per heavy atom. The summed E-state index contributed by atoms with van der Waals surface area (Å²) in [5.74, 6) is 4.38. The van der Waals surface area contributed by atoms with Crippen LogP contribution in [0.5, 0.6) is 0 Å². The molecule has 0 amide bonds. The second kappa shape index (κ2) is 14.9. The van der Waals surface area contributed by atoms with Gasteiger partial charge in [0, 0.05) is 0 Å². The van der Waals surface area contributed by atoms with Gasteiger partial charge in [-0.15, -0.1) is 0 Å². The molecule has 1 saturated carbocycles. The first-order valence-electron chi connectivity index (χ1n) is 13.5. The third kappa shape index (κ3) is 9.55. The molecule has 0 heterocycles. The summed E-state index contributed by atoms with van der Waals surface area (Å²) in [5.41, 5.74) is 3.13. The Morgan fingerprint density at radius 3 is 2.45 bits per heavy atom. The highest BCUT2D eigenvalue weighted by atomic mass is 14.3. The van der Waals surface area contributed by atoms with Crippen LogP contribution >= 0.6 is 0 Å². The van der Waals surface area contributed by atoms with E-state index in [4.69, 9.17) is 0 Å². The van der Waals surface area contributed by atoms with Gasteiger partial charge >= 0.3 is 0 Å². The zero-order valence-electron chi connectivity index (χ0n) is 21.1. The van der Waals surface area contributed by atoms with Gasteiger partial charge in [0.25, 0.3) is 0 Å². The molecule has 0 spiro atoms. The first kappa shape index (κ1) is 26.2. The molecule has 0 aromatic heterocycles. The summed E-state index contributed by atoms with van der Waals surface area (Å²) >= 11 is 0. The Hall–Kier alpha value is -1.04. The molecule has 0 nitrogen and oxygen atoms in total. The molecule has 31 heavy (non-hydrogen) atoms. The van der Waals surface area contributed by atoms with E-state index in [0.29, 0.717) is 0 Å². The van der Waals surface area contributed by atoms with Crippen molar-refractivity contribution in [2.75, 3.05) is 0 Å². The zero-order chi connectivity index (χ0) is 22.5. The summed E-state index contributed by atoms with van der Waals surface area (Å²) in [6, 6.07) is 0. The van der Waals surface area contributed by atoms with Gasteiger partial charge in [-0.2, -0.15) is 6.42 Å². The minimum atomic E-state index is 0.726. The van der Waals surface area contributed by atoms with Gasteiger partial charge < -0.3 is 6.92 Å². The molecule has 2 rings (SSSR count). The average molecular weight is 424 g/mol. The molecule has 0 radical (unpaired) electrons. The molecule has 1 fully saturated rings. The molecule has 0 heteroatoms. The predicted molar refractivity (Wildman–Crippen MR) is 140 cm³/mol. The van der Waals surface area contributed by atoms with E-state index in [1.54, 1.807) is 11.1 Å². The highest BCUT2D eigenvalue weighted by Crippen LogP contribution is 2.40. The summed E-state index contributed by atoms with van der Waals surface area (Å²) in [5, 5.41) is 0. The Bertz CT molecular complexity index is 581. The van der Waals surface area contributed by atoms with Crippen molar-refractivity contribution in [3.8, 4) is 0 Å². The molecule has 0 aromatic carbocycles. The van der Waals surface area contributed by atoms with Crippen molar-refractivity contribution in [3.05, 3.63) is 55.0 Å². The fourth-order valence-corrected chi connectivity index (χ4v) is 6.10. The maximum absolute atomic E-state index is 4.04. The smallest absolute Gasteiger partial charge is 0.0165 e. The largest absolute Gasteiger partial charge is 0.343 e. The van der Waals surface area contributed by atoms with Crippen LogP contribution in [0.15, 0.2) is 48.1 Å². The van der Waals surface area contributed by atoms with Crippen LogP contribution in [-0.2, 0) is 0 Å². The van der Waals surface area contributed by atoms with E-state index in [-0.39, 0.29) is 0 Å². The van der Waals surface area contributed by atoms with E-state index in [2.05, 4.69) is 58.6 Å². The Kier molecular flexibility index (Phi) is 12.6. The van der Waals surface area contributed by atoms with Gasteiger partial charge in [-0.1, -0.05) is 108 Å². The number of hydrogen-bond acceptors (Lipinski definition) is 0. The highest BCUT2D eigenvalue weighted by Gasteiger charge is 2.27. The lowest BCUT2D eigenvalue weighted by Crippen LogP contribution is -2.22. The lowest BCUT2D eigenvalue weighted by molar-refractivity contribution is 0.201. The van der Waals surface area contributed by atoms with Crippen molar-refractivity contribution in [2.24, 2.45) is 29.6 Å². The van der Waals surface area contributed by atoms with Gasteiger partial charge in [-0.3, -0.25) is 0 Å². The van der Waals surface area contributed by atoms with Crippen molar-refractivity contribution < 1.29 is 0 Å². The SMILES string of the molecule is C=C/C=C\CCCC(CCCC[CH2-])CC1CCC(CC2C=C(C)C(CC)=CC2C)CC1. The number of unbranched alkanes of at least 4 members (excludes halogenated alkanes) is 3. The molecule has 0 saturated heterocycles. The van der Waals surface area contributed by atoms with E-state index in [9.17, 15) is 0 Å². The van der Waals surface area contributed by atoms with Crippen molar-refractivity contribution >= 4 is 0 Å². The van der Waals surface area contributed by atoms with E-state index in [1.165, 1.54) is 83.5 Å². The van der Waals surface area contributed by atoms with Crippen molar-refractivity contribution in [2.45, 2.75) is 111 Å². The summed E-state index contributed by atoms with van der Waals surface area (Å²) in [7, 11) is 0. The molecule has 3 unspecified atom stereocenters. The molecule has 0 aliphatic heterocycles. The van der Waals surface area contributed by atoms with Gasteiger partial charge in [0.1, 0.15) is 0 Å². The standard InChI is InChI=1S/C31H51/c1-6-9-11-12-14-16-27(15-13-10-7-2)23-28-17-19-29(20-18-28)24-31-22-25(4)30(8-3)21-26(31)5/h6,9,11,21-22,26-29,31H,1-2,7-8,10,12-20,23-24H2,3-5H3/q-1/b11-9-. The van der Waals surface area contributed by atoms with Crippen LogP contribution in [0.4, 0.5) is 0 Å². The molecule has 176 valence electrons. The van der Waals surface area contributed by atoms with Gasteiger partial charge in [-0.05, 0) is 74.2 Å². The van der Waals surface area contributed by atoms with Crippen molar-refractivity contribution in [1.82, 2.24) is 0 Å². The van der Waals surface area contributed by atoms with Crippen LogP contribution < -0.4 is 0 Å². The average Bonchev–Trinajstić information content (AvgIpc) is 2.77. The van der Waals surface area contributed by atoms with E-state index < -0.39 is 0 Å². The zero-order valence-corrected chi connectivity index (χ0v) is 21.1. The molecular formula is C31H51-. The van der Waals surface area contributed by atoms with Gasteiger partial charge in [0.15, 0.2) is 0 Å². The van der Waals surface area contributed by atoms with Gasteiger partial charge in [0.05, 0.1) is 0 Å². The maximum atomic E-state index is 4.04. The lowest BCUT2D eigenvalue weighted by Gasteiger charge is -2.34. The maximum Gasteiger partial charge on any atom is -0.0165 e. The van der Waals surface area contributed by atoms with E-state index >= 15 is 0 Å². The van der Waals surface area contributed by atoms with Crippen LogP contribution in [-0.4, -0.2) is 0 Å². The minimum absolute atomic E-state index is 0.726. The fourth-order valence-electron chi connectivity index (χ4n) is 6.10. The van der Waals surface area contributed by atoms with E-state index in [0.717, 1.165) is 36.0 Å². The number of rotatable bonds is 14. The van der Waals surface area contributed by atoms with Crippen LogP contribution in [0.25, 0.3) is 0 Å². The molecule has 3 atom stereocenters. The molecule has 2 aliphatic carbocycles. The monoisotopic (exact) mass is 423 g/mol. The first-order chi connectivity index (χ1) is 15.1.